The summed E-state index contributed by atoms with van der Waals surface area (Å²) in [6, 6.07) is 4.84. The lowest BCUT2D eigenvalue weighted by molar-refractivity contribution is -0.142. The molecule has 6 rings (SSSR count). The van der Waals surface area contributed by atoms with Crippen molar-refractivity contribution in [3.05, 3.63) is 42.6 Å². The molecule has 0 radical (unpaired) electrons. The molecule has 1 aromatic heterocycles. The van der Waals surface area contributed by atoms with E-state index in [1.165, 1.54) is 18.2 Å². The number of carboxylic acid groups (broad SMARTS) is 1. The fourth-order valence-corrected chi connectivity index (χ4v) is 8.42. The largest absolute Gasteiger partial charge is 0.494 e. The lowest BCUT2D eigenvalue weighted by Crippen LogP contribution is -2.59. The SMILES string of the molecule is COc1cnc(O[C@@H]2C[C@H]3C(=O)N[C@]4(C(=O)NS(=O)(=O)C5(F)CC5)C[C@H]4/C=C\CC[C@H](C)C[C@@H](C)[C@H](NC(=O)O)C(=O)N3C2)c2ccccc12. The first-order chi connectivity index (χ1) is 23.7. The van der Waals surface area contributed by atoms with Crippen LogP contribution in [0.3, 0.4) is 0 Å². The molecule has 3 fully saturated rings. The highest BCUT2D eigenvalue weighted by molar-refractivity contribution is 7.91. The first-order valence-electron chi connectivity index (χ1n) is 16.8. The number of alkyl halides is 1. The summed E-state index contributed by atoms with van der Waals surface area (Å²) in [4.78, 5) is 59.7. The molecule has 0 bridgehead atoms. The zero-order valence-electron chi connectivity index (χ0n) is 28.1. The number of nitrogens with one attached hydrogen (secondary N) is 3. The van der Waals surface area contributed by atoms with Crippen LogP contribution >= 0.6 is 0 Å². The number of nitrogens with zero attached hydrogens (tertiary/aromatic N) is 2. The summed E-state index contributed by atoms with van der Waals surface area (Å²) >= 11 is 0. The number of hydrogen-bond donors (Lipinski definition) is 4. The number of carbonyl (C=O) groups excluding carboxylic acids is 3. The van der Waals surface area contributed by atoms with Gasteiger partial charge >= 0.3 is 6.09 Å². The van der Waals surface area contributed by atoms with Crippen molar-refractivity contribution in [1.82, 2.24) is 25.2 Å². The smallest absolute Gasteiger partial charge is 0.405 e. The summed E-state index contributed by atoms with van der Waals surface area (Å²) < 4.78 is 53.7. The van der Waals surface area contributed by atoms with E-state index in [1.807, 2.05) is 29.9 Å². The highest BCUT2D eigenvalue weighted by Gasteiger charge is 2.64. The molecule has 2 aliphatic heterocycles. The molecule has 7 atom stereocenters. The zero-order chi connectivity index (χ0) is 36.0. The van der Waals surface area contributed by atoms with Gasteiger partial charge in [0.2, 0.25) is 22.7 Å². The number of fused-ring (bicyclic) bond motifs is 3. The second-order valence-corrected chi connectivity index (χ2v) is 15.9. The number of benzene rings is 1. The van der Waals surface area contributed by atoms with Crippen LogP contribution in [0.5, 0.6) is 11.6 Å². The Bertz CT molecular complexity index is 1840. The minimum absolute atomic E-state index is 0.0473. The Morgan fingerprint density at radius 3 is 2.54 bits per heavy atom. The summed E-state index contributed by atoms with van der Waals surface area (Å²) in [6.07, 6.45) is 4.27. The maximum Gasteiger partial charge on any atom is 0.405 e. The minimum Gasteiger partial charge on any atom is -0.494 e. The molecule has 4 N–H and O–H groups in total. The molecule has 3 heterocycles. The molecule has 1 aromatic carbocycles. The summed E-state index contributed by atoms with van der Waals surface area (Å²) in [5.74, 6) is -2.63. The topological polar surface area (TPSA) is 193 Å². The second-order valence-electron chi connectivity index (χ2n) is 14.0. The fourth-order valence-electron chi connectivity index (χ4n) is 7.18. The number of sulfonamides is 1. The Kier molecular flexibility index (Phi) is 9.43. The molecular weight excluding hydrogens is 673 g/mol. The van der Waals surface area contributed by atoms with E-state index >= 15 is 0 Å². The third-order valence-electron chi connectivity index (χ3n) is 10.3. The van der Waals surface area contributed by atoms with Gasteiger partial charge in [-0.05, 0) is 43.6 Å². The number of methoxy groups -OCH3 is 1. The van der Waals surface area contributed by atoms with Gasteiger partial charge in [-0.3, -0.25) is 14.4 Å². The Balaban J connectivity index is 1.34. The van der Waals surface area contributed by atoms with Crippen LogP contribution in [0.15, 0.2) is 42.6 Å². The molecule has 16 heteroatoms. The van der Waals surface area contributed by atoms with Gasteiger partial charge in [0.05, 0.1) is 19.9 Å². The van der Waals surface area contributed by atoms with Crippen molar-refractivity contribution in [2.75, 3.05) is 13.7 Å². The first-order valence-corrected chi connectivity index (χ1v) is 18.3. The molecule has 2 aliphatic carbocycles. The van der Waals surface area contributed by atoms with Crippen LogP contribution in [0.25, 0.3) is 10.8 Å². The molecule has 1 saturated heterocycles. The average molecular weight is 716 g/mol. The number of aromatic nitrogens is 1. The maximum atomic E-state index is 14.7. The van der Waals surface area contributed by atoms with Crippen molar-refractivity contribution in [3.8, 4) is 11.6 Å². The van der Waals surface area contributed by atoms with Crippen LogP contribution in [-0.2, 0) is 24.4 Å². The van der Waals surface area contributed by atoms with E-state index in [1.54, 1.807) is 25.1 Å². The average Bonchev–Trinajstić information content (AvgIpc) is 3.95. The minimum atomic E-state index is -4.66. The Morgan fingerprint density at radius 2 is 1.86 bits per heavy atom. The standard InChI is InChI=1S/C34H42FN5O9S/c1-19-8-4-5-9-21-16-34(21,31(43)39-50(46,47)33(35)12-13-33)38-28(41)25-15-22(18-40(25)30(42)27(20(2)14-19)37-32(44)45)49-29-24-11-7-6-10-23(24)26(48-3)17-36-29/h5-7,9-11,17,19-22,25,27,37H,4,8,12-16,18H2,1-3H3,(H,38,41)(H,39,43)(H,44,45)/b9-5-/t19-,20+,21+,22+,25-,27-,34+/m0/s1. The summed E-state index contributed by atoms with van der Waals surface area (Å²) in [5.41, 5.74) is -1.70. The van der Waals surface area contributed by atoms with Gasteiger partial charge in [-0.1, -0.05) is 44.2 Å². The number of ether oxygens (including phenoxy) is 2. The number of allylic oxidation sites excluding steroid dienone is 1. The lowest BCUT2D eigenvalue weighted by atomic mass is 9.88. The van der Waals surface area contributed by atoms with E-state index < -0.39 is 74.4 Å². The van der Waals surface area contributed by atoms with Crippen LogP contribution in [0.4, 0.5) is 9.18 Å². The van der Waals surface area contributed by atoms with Crippen LogP contribution < -0.4 is 24.8 Å². The van der Waals surface area contributed by atoms with E-state index in [2.05, 4.69) is 15.6 Å². The number of hydrogen-bond acceptors (Lipinski definition) is 9. The quantitative estimate of drug-likeness (QED) is 0.310. The van der Waals surface area contributed by atoms with E-state index in [0.29, 0.717) is 30.4 Å². The number of halogens is 1. The molecule has 0 unspecified atom stereocenters. The van der Waals surface area contributed by atoms with Crippen LogP contribution in [0, 0.1) is 17.8 Å². The predicted molar refractivity (Wildman–Crippen MR) is 178 cm³/mol. The van der Waals surface area contributed by atoms with E-state index in [4.69, 9.17) is 9.47 Å². The van der Waals surface area contributed by atoms with Gasteiger partial charge in [0.1, 0.15) is 29.5 Å². The van der Waals surface area contributed by atoms with Crippen molar-refractivity contribution in [3.63, 3.8) is 0 Å². The molecule has 270 valence electrons. The molecule has 2 aromatic rings. The molecule has 50 heavy (non-hydrogen) atoms. The summed E-state index contributed by atoms with van der Waals surface area (Å²) in [6.45, 7) is 3.66. The number of carbonyl (C=O) groups is 4. The van der Waals surface area contributed by atoms with Crippen molar-refractivity contribution in [2.24, 2.45) is 17.8 Å². The highest BCUT2D eigenvalue weighted by atomic mass is 32.2. The van der Waals surface area contributed by atoms with Crippen molar-refractivity contribution in [2.45, 2.75) is 87.5 Å². The summed E-state index contributed by atoms with van der Waals surface area (Å²) in [5, 5.41) is 13.6. The first kappa shape index (κ1) is 35.4. The van der Waals surface area contributed by atoms with Crippen molar-refractivity contribution in [1.29, 1.82) is 0 Å². The molecule has 0 spiro atoms. The third kappa shape index (κ3) is 6.81. The normalized spacial score (nSPS) is 31.6. The van der Waals surface area contributed by atoms with Crippen LogP contribution in [-0.4, -0.2) is 89.6 Å². The van der Waals surface area contributed by atoms with Gasteiger partial charge < -0.3 is 30.1 Å². The Hall–Kier alpha value is -4.47. The molecule has 14 nitrogen and oxygen atoms in total. The van der Waals surface area contributed by atoms with E-state index in [0.717, 1.165) is 5.39 Å². The van der Waals surface area contributed by atoms with Gasteiger partial charge in [-0.25, -0.2) is 27.3 Å². The van der Waals surface area contributed by atoms with Gasteiger partial charge in [-0.2, -0.15) is 0 Å². The van der Waals surface area contributed by atoms with Gasteiger partial charge in [0.15, 0.2) is 0 Å². The zero-order valence-corrected chi connectivity index (χ0v) is 28.9. The molecule has 4 amide bonds. The monoisotopic (exact) mass is 715 g/mol. The summed E-state index contributed by atoms with van der Waals surface area (Å²) in [7, 11) is -3.14. The maximum absolute atomic E-state index is 14.7. The van der Waals surface area contributed by atoms with E-state index in [-0.39, 0.29) is 44.0 Å². The Morgan fingerprint density at radius 1 is 1.14 bits per heavy atom. The number of rotatable bonds is 7. The lowest BCUT2D eigenvalue weighted by Gasteiger charge is -2.32. The van der Waals surface area contributed by atoms with Crippen LogP contribution in [0.2, 0.25) is 0 Å². The predicted octanol–water partition coefficient (Wildman–Crippen LogP) is 3.02. The molecule has 2 saturated carbocycles. The van der Waals surface area contributed by atoms with Gasteiger partial charge in [0.25, 0.3) is 15.9 Å². The van der Waals surface area contributed by atoms with E-state index in [9.17, 15) is 37.1 Å². The molecular formula is C34H42FN5O9S. The highest BCUT2D eigenvalue weighted by Crippen LogP contribution is 2.48. The van der Waals surface area contributed by atoms with Crippen molar-refractivity contribution >= 4 is 44.6 Å². The molecule has 4 aliphatic rings. The van der Waals surface area contributed by atoms with Gasteiger partial charge in [-0.15, -0.1) is 0 Å². The van der Waals surface area contributed by atoms with Crippen molar-refractivity contribution < 1.29 is 46.6 Å². The third-order valence-corrected chi connectivity index (χ3v) is 12.1. The number of amides is 4. The van der Waals surface area contributed by atoms with Crippen LogP contribution in [0.1, 0.15) is 58.8 Å². The van der Waals surface area contributed by atoms with Gasteiger partial charge in [0, 0.05) is 36.0 Å². The second kappa shape index (κ2) is 13.3. The number of pyridine rings is 1. The Labute approximate surface area is 289 Å². The fraction of sp³-hybridized carbons (Fsp3) is 0.559.